The Hall–Kier alpha value is -2.29. The number of nitrogen functional groups attached to an aromatic ring is 1. The van der Waals surface area contributed by atoms with Crippen LogP contribution in [0.15, 0.2) is 42.5 Å². The van der Waals surface area contributed by atoms with E-state index in [9.17, 15) is 4.79 Å². The van der Waals surface area contributed by atoms with E-state index in [-0.39, 0.29) is 5.91 Å². The zero-order chi connectivity index (χ0) is 14.1. The van der Waals surface area contributed by atoms with Crippen molar-refractivity contribution in [3.63, 3.8) is 0 Å². The molecule has 0 bridgehead atoms. The Morgan fingerprint density at radius 3 is 2.65 bits per heavy atom. The molecule has 0 spiro atoms. The predicted octanol–water partition coefficient (Wildman–Crippen LogP) is 2.78. The van der Waals surface area contributed by atoms with Crippen LogP contribution in [0, 0.1) is 6.92 Å². The molecule has 0 radical (unpaired) electrons. The summed E-state index contributed by atoms with van der Waals surface area (Å²) in [6.07, 6.45) is 0.873. The van der Waals surface area contributed by atoms with Crippen molar-refractivity contribution >= 4 is 11.6 Å². The standard InChI is InChI=1S/C17H18N2O/c1-12-5-7-14(8-6-12)17(20)19-10-9-13-3-2-4-16(18)15(13)11-19/h2-8H,9-11,18H2,1H3. The predicted molar refractivity (Wildman–Crippen MR) is 80.5 cm³/mol. The van der Waals surface area contributed by atoms with Gasteiger partial charge in [0.05, 0.1) is 0 Å². The van der Waals surface area contributed by atoms with Crippen LogP contribution in [-0.4, -0.2) is 17.4 Å². The van der Waals surface area contributed by atoms with Crippen molar-refractivity contribution in [3.8, 4) is 0 Å². The molecule has 0 aromatic heterocycles. The highest BCUT2D eigenvalue weighted by atomic mass is 16.2. The Kier molecular flexibility index (Phi) is 3.18. The Bertz CT molecular complexity index is 647. The smallest absolute Gasteiger partial charge is 0.254 e. The summed E-state index contributed by atoms with van der Waals surface area (Å²) in [7, 11) is 0. The van der Waals surface area contributed by atoms with Crippen LogP contribution < -0.4 is 5.73 Å². The lowest BCUT2D eigenvalue weighted by molar-refractivity contribution is 0.0735. The van der Waals surface area contributed by atoms with Gasteiger partial charge >= 0.3 is 0 Å². The van der Waals surface area contributed by atoms with Crippen LogP contribution in [0.3, 0.4) is 0 Å². The number of hydrogen-bond acceptors (Lipinski definition) is 2. The number of fused-ring (bicyclic) bond motifs is 1. The second-order valence-corrected chi connectivity index (χ2v) is 5.33. The number of carbonyl (C=O) groups is 1. The summed E-state index contributed by atoms with van der Waals surface area (Å²) in [6, 6.07) is 13.7. The van der Waals surface area contributed by atoms with Gasteiger partial charge in [0.2, 0.25) is 0 Å². The minimum atomic E-state index is 0.0823. The van der Waals surface area contributed by atoms with Gasteiger partial charge < -0.3 is 10.6 Å². The molecular weight excluding hydrogens is 248 g/mol. The summed E-state index contributed by atoms with van der Waals surface area (Å²) in [5.74, 6) is 0.0823. The van der Waals surface area contributed by atoms with E-state index in [1.165, 1.54) is 5.56 Å². The van der Waals surface area contributed by atoms with Gasteiger partial charge in [-0.1, -0.05) is 29.8 Å². The molecular formula is C17H18N2O. The van der Waals surface area contributed by atoms with E-state index < -0.39 is 0 Å². The van der Waals surface area contributed by atoms with Gasteiger partial charge in [0.1, 0.15) is 0 Å². The Morgan fingerprint density at radius 1 is 1.15 bits per heavy atom. The fraction of sp³-hybridized carbons (Fsp3) is 0.235. The zero-order valence-electron chi connectivity index (χ0n) is 11.6. The second kappa shape index (κ2) is 5.00. The summed E-state index contributed by atoms with van der Waals surface area (Å²) in [4.78, 5) is 14.4. The molecule has 3 heteroatoms. The van der Waals surface area contributed by atoms with Crippen molar-refractivity contribution in [1.82, 2.24) is 4.90 Å². The molecule has 1 aliphatic heterocycles. The van der Waals surface area contributed by atoms with Gasteiger partial charge in [-0.25, -0.2) is 0 Å². The van der Waals surface area contributed by atoms with Crippen molar-refractivity contribution in [3.05, 3.63) is 64.7 Å². The van der Waals surface area contributed by atoms with Gasteiger partial charge in [0.15, 0.2) is 0 Å². The normalized spacial score (nSPS) is 13.9. The molecule has 0 unspecified atom stereocenters. The molecule has 0 aliphatic carbocycles. The lowest BCUT2D eigenvalue weighted by atomic mass is 9.97. The molecule has 3 rings (SSSR count). The van der Waals surface area contributed by atoms with Crippen molar-refractivity contribution in [2.24, 2.45) is 0 Å². The molecule has 0 atom stereocenters. The number of amides is 1. The maximum atomic E-state index is 12.5. The van der Waals surface area contributed by atoms with E-state index in [4.69, 9.17) is 5.73 Å². The van der Waals surface area contributed by atoms with Crippen LogP contribution in [0.25, 0.3) is 0 Å². The average molecular weight is 266 g/mol. The largest absolute Gasteiger partial charge is 0.398 e. The van der Waals surface area contributed by atoms with E-state index in [2.05, 4.69) is 6.07 Å². The fourth-order valence-electron chi connectivity index (χ4n) is 2.66. The highest BCUT2D eigenvalue weighted by Crippen LogP contribution is 2.25. The van der Waals surface area contributed by atoms with Crippen molar-refractivity contribution in [1.29, 1.82) is 0 Å². The number of hydrogen-bond donors (Lipinski definition) is 1. The molecule has 2 aromatic rings. The maximum Gasteiger partial charge on any atom is 0.254 e. The molecule has 3 nitrogen and oxygen atoms in total. The van der Waals surface area contributed by atoms with Gasteiger partial charge in [-0.2, -0.15) is 0 Å². The summed E-state index contributed by atoms with van der Waals surface area (Å²) < 4.78 is 0. The number of nitrogens with zero attached hydrogens (tertiary/aromatic N) is 1. The fourth-order valence-corrected chi connectivity index (χ4v) is 2.66. The first-order chi connectivity index (χ1) is 9.65. The monoisotopic (exact) mass is 266 g/mol. The van der Waals surface area contributed by atoms with E-state index in [0.29, 0.717) is 6.54 Å². The van der Waals surface area contributed by atoms with Crippen LogP contribution in [0.4, 0.5) is 5.69 Å². The van der Waals surface area contributed by atoms with Gasteiger partial charge in [0.25, 0.3) is 5.91 Å². The molecule has 1 aliphatic rings. The van der Waals surface area contributed by atoms with Crippen LogP contribution in [-0.2, 0) is 13.0 Å². The molecule has 20 heavy (non-hydrogen) atoms. The third-order valence-corrected chi connectivity index (χ3v) is 3.90. The third kappa shape index (κ3) is 2.27. The van der Waals surface area contributed by atoms with Crippen LogP contribution >= 0.6 is 0 Å². The number of anilines is 1. The molecule has 2 N–H and O–H groups in total. The van der Waals surface area contributed by atoms with E-state index in [1.54, 1.807) is 0 Å². The molecule has 2 aromatic carbocycles. The van der Waals surface area contributed by atoms with Crippen LogP contribution in [0.2, 0.25) is 0 Å². The zero-order valence-corrected chi connectivity index (χ0v) is 11.6. The summed E-state index contributed by atoms with van der Waals surface area (Å²) in [5, 5.41) is 0. The summed E-state index contributed by atoms with van der Waals surface area (Å²) in [5.41, 5.74) is 11.1. The Morgan fingerprint density at radius 2 is 1.90 bits per heavy atom. The first-order valence-electron chi connectivity index (χ1n) is 6.87. The number of nitrogens with two attached hydrogens (primary N) is 1. The van der Waals surface area contributed by atoms with Gasteiger partial charge in [0, 0.05) is 24.3 Å². The topological polar surface area (TPSA) is 46.3 Å². The van der Waals surface area contributed by atoms with E-state index >= 15 is 0 Å². The van der Waals surface area contributed by atoms with Crippen LogP contribution in [0.1, 0.15) is 27.0 Å². The van der Waals surface area contributed by atoms with E-state index in [0.717, 1.165) is 35.3 Å². The van der Waals surface area contributed by atoms with Crippen LogP contribution in [0.5, 0.6) is 0 Å². The third-order valence-electron chi connectivity index (χ3n) is 3.90. The Labute approximate surface area is 119 Å². The number of benzene rings is 2. The molecule has 0 saturated heterocycles. The highest BCUT2D eigenvalue weighted by Gasteiger charge is 2.22. The number of aryl methyl sites for hydroxylation is 1. The SMILES string of the molecule is Cc1ccc(C(=O)N2CCc3cccc(N)c3C2)cc1. The van der Waals surface area contributed by atoms with Gasteiger partial charge in [-0.3, -0.25) is 4.79 Å². The number of carbonyl (C=O) groups excluding carboxylic acids is 1. The average Bonchev–Trinajstić information content (AvgIpc) is 2.47. The van der Waals surface area contributed by atoms with E-state index in [1.807, 2.05) is 48.2 Å². The van der Waals surface area contributed by atoms with Crippen molar-refractivity contribution in [2.45, 2.75) is 19.9 Å². The lowest BCUT2D eigenvalue weighted by Crippen LogP contribution is -2.36. The minimum absolute atomic E-state index is 0.0823. The summed E-state index contributed by atoms with van der Waals surface area (Å²) >= 11 is 0. The number of rotatable bonds is 1. The Balaban J connectivity index is 1.85. The quantitative estimate of drug-likeness (QED) is 0.807. The van der Waals surface area contributed by atoms with Crippen molar-refractivity contribution < 1.29 is 4.79 Å². The first kappa shape index (κ1) is 12.7. The lowest BCUT2D eigenvalue weighted by Gasteiger charge is -2.29. The molecule has 102 valence electrons. The van der Waals surface area contributed by atoms with Crippen molar-refractivity contribution in [2.75, 3.05) is 12.3 Å². The second-order valence-electron chi connectivity index (χ2n) is 5.33. The molecule has 0 saturated carbocycles. The van der Waals surface area contributed by atoms with Gasteiger partial charge in [-0.15, -0.1) is 0 Å². The molecule has 1 amide bonds. The highest BCUT2D eigenvalue weighted by molar-refractivity contribution is 5.94. The molecule has 0 fully saturated rings. The minimum Gasteiger partial charge on any atom is -0.398 e. The summed E-state index contributed by atoms with van der Waals surface area (Å²) in [6.45, 7) is 3.38. The van der Waals surface area contributed by atoms with Gasteiger partial charge in [-0.05, 0) is 42.7 Å². The maximum absolute atomic E-state index is 12.5. The molecule has 1 heterocycles. The first-order valence-corrected chi connectivity index (χ1v) is 6.87.